The largest absolute Gasteiger partial charge is 0.455 e. The molecule has 4 heterocycles. The quantitative estimate of drug-likeness (QED) is 0.176. The minimum Gasteiger partial charge on any atom is -0.455 e. The Bertz CT molecular complexity index is 2480. The molecular weight excluding hydrogens is 803 g/mol. The summed E-state index contributed by atoms with van der Waals surface area (Å²) in [6.07, 6.45) is 3.69. The monoisotopic (exact) mass is 840 g/mol. The number of nitrogens with one attached hydrogen (secondary N) is 1. The molecule has 1 aliphatic rings. The summed E-state index contributed by atoms with van der Waals surface area (Å²) in [5, 5.41) is 6.00. The van der Waals surface area contributed by atoms with E-state index in [4.69, 9.17) is 9.40 Å². The van der Waals surface area contributed by atoms with E-state index in [1.165, 1.54) is 22.3 Å². The van der Waals surface area contributed by atoms with Gasteiger partial charge in [-0.15, -0.1) is 59.7 Å². The van der Waals surface area contributed by atoms with Crippen LogP contribution in [0.25, 0.3) is 66.7 Å². The zero-order valence-electron chi connectivity index (χ0n) is 29.3. The average molecular weight is 840 g/mol. The van der Waals surface area contributed by atoms with E-state index < -0.39 is 0 Å². The van der Waals surface area contributed by atoms with Crippen LogP contribution in [0.5, 0.6) is 0 Å². The molecule has 5 heteroatoms. The van der Waals surface area contributed by atoms with Gasteiger partial charge in [0, 0.05) is 60.1 Å². The third kappa shape index (κ3) is 6.52. The second kappa shape index (κ2) is 13.8. The summed E-state index contributed by atoms with van der Waals surface area (Å²) >= 11 is 0. The van der Waals surface area contributed by atoms with Crippen molar-refractivity contribution in [1.29, 1.82) is 0 Å². The van der Waals surface area contributed by atoms with E-state index in [1.807, 2.05) is 54.7 Å². The number of para-hydroxylation sites is 1. The average Bonchev–Trinajstić information content (AvgIpc) is 3.51. The van der Waals surface area contributed by atoms with Crippen molar-refractivity contribution in [3.8, 4) is 44.8 Å². The van der Waals surface area contributed by atoms with E-state index in [1.54, 1.807) is 6.20 Å². The normalized spacial score (nSPS) is 11.6. The molecule has 2 bridgehead atoms. The first-order chi connectivity index (χ1) is 24.2. The molecular formula is C46H37IrN3O-2. The van der Waals surface area contributed by atoms with Gasteiger partial charge >= 0.3 is 0 Å². The van der Waals surface area contributed by atoms with Gasteiger partial charge in [0.05, 0.1) is 0 Å². The van der Waals surface area contributed by atoms with Gasteiger partial charge in [-0.3, -0.25) is 0 Å². The topological polar surface area (TPSA) is 51.0 Å². The predicted molar refractivity (Wildman–Crippen MR) is 207 cm³/mol. The van der Waals surface area contributed by atoms with Crippen LogP contribution in [-0.4, -0.2) is 9.97 Å². The van der Waals surface area contributed by atoms with Gasteiger partial charge in [0.2, 0.25) is 0 Å². The number of hydrogen-bond donors (Lipinski definition) is 1. The van der Waals surface area contributed by atoms with Crippen molar-refractivity contribution in [1.82, 2.24) is 9.97 Å². The molecule has 9 rings (SSSR count). The number of aryl methyl sites for hydroxylation is 1. The molecule has 0 saturated carbocycles. The summed E-state index contributed by atoms with van der Waals surface area (Å²) in [5.41, 5.74) is 16.2. The fourth-order valence-corrected chi connectivity index (χ4v) is 6.76. The molecule has 51 heavy (non-hydrogen) atoms. The molecule has 0 saturated heterocycles. The first kappa shape index (κ1) is 34.1. The Hall–Kier alpha value is -5.35. The molecule has 8 aromatic rings. The van der Waals surface area contributed by atoms with Gasteiger partial charge in [-0.05, 0) is 89.4 Å². The first-order valence-corrected chi connectivity index (χ1v) is 17.0. The third-order valence-corrected chi connectivity index (χ3v) is 9.44. The van der Waals surface area contributed by atoms with Crippen LogP contribution in [0, 0.1) is 26.0 Å². The number of furan rings is 1. The van der Waals surface area contributed by atoms with Crippen LogP contribution in [0.2, 0.25) is 0 Å². The smallest absolute Gasteiger partial charge is 0.143 e. The minimum absolute atomic E-state index is 0. The van der Waals surface area contributed by atoms with E-state index in [9.17, 15) is 0 Å². The number of anilines is 2. The van der Waals surface area contributed by atoms with Crippen LogP contribution in [-0.2, 0) is 25.5 Å². The van der Waals surface area contributed by atoms with E-state index >= 15 is 0 Å². The summed E-state index contributed by atoms with van der Waals surface area (Å²) in [5.74, 6) is 0. The van der Waals surface area contributed by atoms with Crippen LogP contribution in [0.15, 0.2) is 132 Å². The van der Waals surface area contributed by atoms with Crippen molar-refractivity contribution >= 4 is 33.3 Å². The molecule has 1 aliphatic heterocycles. The van der Waals surface area contributed by atoms with Crippen LogP contribution < -0.4 is 5.32 Å². The number of benzene rings is 5. The zero-order chi connectivity index (χ0) is 34.4. The maximum Gasteiger partial charge on any atom is 0.143 e. The molecule has 3 aromatic heterocycles. The Morgan fingerprint density at radius 2 is 1.45 bits per heavy atom. The van der Waals surface area contributed by atoms with E-state index in [2.05, 4.69) is 124 Å². The van der Waals surface area contributed by atoms with Crippen molar-refractivity contribution in [2.24, 2.45) is 0 Å². The second-order valence-electron chi connectivity index (χ2n) is 13.9. The fourth-order valence-electron chi connectivity index (χ4n) is 6.76. The van der Waals surface area contributed by atoms with Crippen LogP contribution >= 0.6 is 0 Å². The molecule has 0 unspecified atom stereocenters. The predicted octanol–water partition coefficient (Wildman–Crippen LogP) is 12.3. The maximum atomic E-state index is 6.52. The summed E-state index contributed by atoms with van der Waals surface area (Å²) < 4.78 is 6.52. The first-order valence-electron chi connectivity index (χ1n) is 17.0. The molecule has 253 valence electrons. The van der Waals surface area contributed by atoms with Crippen molar-refractivity contribution in [3.63, 3.8) is 0 Å². The summed E-state index contributed by atoms with van der Waals surface area (Å²) in [4.78, 5) is 8.95. The molecule has 0 spiro atoms. The minimum atomic E-state index is 0. The maximum absolute atomic E-state index is 6.52. The molecule has 1 radical (unpaired) electrons. The number of fused-ring (bicyclic) bond motifs is 10. The molecule has 0 aliphatic carbocycles. The SMILES string of the molecule is Cc1ccc2c(c1)-c1c(C)c(cc3c1oc1ccccc13)-c1cc(-c3cc(C(C)(C)C)ccn3)[c-]cc1N2.[Ir].[c-]1ccccc1-c1ccccn1. The van der Waals surface area contributed by atoms with E-state index in [0.717, 1.165) is 72.5 Å². The summed E-state index contributed by atoms with van der Waals surface area (Å²) in [6.45, 7) is 11.0. The van der Waals surface area contributed by atoms with Gasteiger partial charge in [-0.2, -0.15) is 0 Å². The van der Waals surface area contributed by atoms with E-state index in [-0.39, 0.29) is 25.5 Å². The zero-order valence-corrected chi connectivity index (χ0v) is 31.7. The second-order valence-corrected chi connectivity index (χ2v) is 13.9. The Balaban J connectivity index is 0.000000265. The molecule has 0 atom stereocenters. The third-order valence-electron chi connectivity index (χ3n) is 9.44. The van der Waals surface area contributed by atoms with Crippen molar-refractivity contribution in [2.45, 2.75) is 40.0 Å². The Labute approximate surface area is 313 Å². The van der Waals surface area contributed by atoms with Gasteiger partial charge < -0.3 is 19.7 Å². The van der Waals surface area contributed by atoms with Gasteiger partial charge in [0.25, 0.3) is 0 Å². The molecule has 5 aromatic carbocycles. The van der Waals surface area contributed by atoms with Crippen LogP contribution in [0.1, 0.15) is 37.5 Å². The molecule has 0 amide bonds. The van der Waals surface area contributed by atoms with Crippen molar-refractivity contribution < 1.29 is 24.5 Å². The number of rotatable bonds is 2. The molecule has 0 fully saturated rings. The standard InChI is InChI=1S/C35H29N2O.C11H8N.Ir/c1-20-10-12-30-28(16-20)33-21(2)25(19-27-24-8-6-7-9-32(24)38-34(27)33)26-17-22(11-13-29(26)37-30)31-18-23(14-15-36-31)35(3,4)5;1-2-6-10(7-3-1)11-8-4-5-9-12-11;/h6-10,12-19,37H,1-5H3;1-6,8-9H;/q2*-1;. The van der Waals surface area contributed by atoms with E-state index in [0.29, 0.717) is 0 Å². The Morgan fingerprint density at radius 1 is 0.647 bits per heavy atom. The van der Waals surface area contributed by atoms with Crippen molar-refractivity contribution in [3.05, 3.63) is 156 Å². The number of aromatic nitrogens is 2. The van der Waals surface area contributed by atoms with Gasteiger partial charge in [0.15, 0.2) is 0 Å². The van der Waals surface area contributed by atoms with Gasteiger partial charge in [-0.25, -0.2) is 0 Å². The number of nitrogens with zero attached hydrogens (tertiary/aromatic N) is 2. The van der Waals surface area contributed by atoms with Gasteiger partial charge in [-0.1, -0.05) is 74.4 Å². The summed E-state index contributed by atoms with van der Waals surface area (Å²) in [7, 11) is 0. The Kier molecular flexibility index (Phi) is 9.20. The van der Waals surface area contributed by atoms with Gasteiger partial charge in [0.1, 0.15) is 11.2 Å². The number of hydrogen-bond acceptors (Lipinski definition) is 4. The van der Waals surface area contributed by atoms with Crippen LogP contribution in [0.3, 0.4) is 0 Å². The molecule has 4 nitrogen and oxygen atoms in total. The van der Waals surface area contributed by atoms with Crippen LogP contribution in [0.4, 0.5) is 11.4 Å². The van der Waals surface area contributed by atoms with Crippen molar-refractivity contribution in [2.75, 3.05) is 5.32 Å². The Morgan fingerprint density at radius 3 is 2.24 bits per heavy atom. The summed E-state index contributed by atoms with van der Waals surface area (Å²) in [6, 6.07) is 46.1. The fraction of sp³-hybridized carbons (Fsp3) is 0.130. The number of pyridine rings is 2. The molecule has 1 N–H and O–H groups in total.